The molecule has 0 spiro atoms. The second kappa shape index (κ2) is 14.6. The van der Waals surface area contributed by atoms with Gasteiger partial charge in [-0.3, -0.25) is 4.79 Å². The molecule has 0 bridgehead atoms. The summed E-state index contributed by atoms with van der Waals surface area (Å²) >= 11 is 0. The lowest BCUT2D eigenvalue weighted by Gasteiger charge is -2.15. The zero-order valence-electron chi connectivity index (χ0n) is 16.5. The maximum Gasteiger partial charge on any atom is 0.304 e. The van der Waals surface area contributed by atoms with Gasteiger partial charge in [-0.25, -0.2) is 0 Å². The Hall–Kier alpha value is -1.46. The molecule has 0 aromatic carbocycles. The molecule has 5 heteroatoms. The topological polar surface area (TPSA) is 101 Å². The molecule has 3 atom stereocenters. The van der Waals surface area contributed by atoms with Crippen LogP contribution in [0.3, 0.4) is 0 Å². The predicted molar refractivity (Wildman–Crippen MR) is 108 cm³/mol. The molecule has 5 nitrogen and oxygen atoms in total. The van der Waals surface area contributed by atoms with Crippen LogP contribution in [0.2, 0.25) is 0 Å². The minimum Gasteiger partial charge on any atom is -0.481 e. The summed E-state index contributed by atoms with van der Waals surface area (Å²) < 4.78 is 0. The first-order valence-corrected chi connectivity index (χ1v) is 10.4. The summed E-state index contributed by atoms with van der Waals surface area (Å²) in [7, 11) is 0. The molecular weight excluding hydrogens is 342 g/mol. The first-order chi connectivity index (χ1) is 13.1. The van der Waals surface area contributed by atoms with Gasteiger partial charge in [-0.2, -0.15) is 0 Å². The maximum absolute atomic E-state index is 11.4. The van der Waals surface area contributed by atoms with E-state index in [0.29, 0.717) is 12.5 Å². The number of allylic oxidation sites excluding steroid dienone is 2. The molecule has 1 aliphatic rings. The molecule has 0 aromatic rings. The van der Waals surface area contributed by atoms with Crippen molar-refractivity contribution in [2.75, 3.05) is 13.2 Å². The number of aldehydes is 1. The predicted octanol–water partition coefficient (Wildman–Crippen LogP) is 3.86. The van der Waals surface area contributed by atoms with E-state index in [4.69, 9.17) is 15.9 Å². The van der Waals surface area contributed by atoms with Crippen LogP contribution >= 0.6 is 0 Å². The standard InChI is InChI=1S/C22H37NO4/c23-13-12-18-10-11-20(14-18)21(17-25)9-7-5-3-1-2-4-6-8-19(16-24)15-22(26)27/h6,8,14,17,19-21,24H,1-5,7,9-13,15-16,23H2,(H,26,27). The van der Waals surface area contributed by atoms with Crippen molar-refractivity contribution in [2.45, 2.75) is 70.6 Å². The van der Waals surface area contributed by atoms with Gasteiger partial charge in [-0.1, -0.05) is 49.5 Å². The van der Waals surface area contributed by atoms with Crippen molar-refractivity contribution < 1.29 is 19.8 Å². The van der Waals surface area contributed by atoms with E-state index >= 15 is 0 Å². The van der Waals surface area contributed by atoms with Gasteiger partial charge < -0.3 is 20.7 Å². The number of carboxylic acid groups (broad SMARTS) is 1. The number of aliphatic hydroxyl groups is 1. The Morgan fingerprint density at radius 1 is 1.26 bits per heavy atom. The molecule has 0 amide bonds. The second-order valence-corrected chi connectivity index (χ2v) is 7.68. The highest BCUT2D eigenvalue weighted by Crippen LogP contribution is 2.33. The molecule has 0 heterocycles. The molecule has 0 fully saturated rings. The van der Waals surface area contributed by atoms with Gasteiger partial charge in [0.05, 0.1) is 6.42 Å². The van der Waals surface area contributed by atoms with E-state index in [-0.39, 0.29) is 24.9 Å². The Bertz CT molecular complexity index is 487. The van der Waals surface area contributed by atoms with Crippen molar-refractivity contribution in [2.24, 2.45) is 23.5 Å². The van der Waals surface area contributed by atoms with Crippen molar-refractivity contribution in [1.82, 2.24) is 0 Å². The number of nitrogens with two attached hydrogens (primary N) is 1. The number of rotatable bonds is 16. The van der Waals surface area contributed by atoms with Crippen LogP contribution in [0.1, 0.15) is 70.6 Å². The number of hydrogen-bond donors (Lipinski definition) is 3. The lowest BCUT2D eigenvalue weighted by atomic mass is 9.88. The normalized spacial score (nSPS) is 19.2. The number of aliphatic hydroxyl groups excluding tert-OH is 1. The molecular formula is C22H37NO4. The Balaban J connectivity index is 2.09. The second-order valence-electron chi connectivity index (χ2n) is 7.68. The molecule has 1 aliphatic carbocycles. The third-order valence-corrected chi connectivity index (χ3v) is 5.43. The fraction of sp³-hybridized carbons (Fsp3) is 0.727. The number of carboxylic acids is 1. The van der Waals surface area contributed by atoms with Crippen LogP contribution in [0.5, 0.6) is 0 Å². The van der Waals surface area contributed by atoms with Crippen LogP contribution in [-0.4, -0.2) is 35.6 Å². The van der Waals surface area contributed by atoms with Crippen LogP contribution in [0.4, 0.5) is 0 Å². The minimum atomic E-state index is -0.879. The quantitative estimate of drug-likeness (QED) is 0.215. The summed E-state index contributed by atoms with van der Waals surface area (Å²) in [4.78, 5) is 22.1. The van der Waals surface area contributed by atoms with Crippen molar-refractivity contribution in [3.63, 3.8) is 0 Å². The van der Waals surface area contributed by atoms with Crippen LogP contribution in [0.25, 0.3) is 0 Å². The van der Waals surface area contributed by atoms with Gasteiger partial charge in [0.1, 0.15) is 6.29 Å². The molecule has 0 aromatic heterocycles. The smallest absolute Gasteiger partial charge is 0.304 e. The first-order valence-electron chi connectivity index (χ1n) is 10.4. The van der Waals surface area contributed by atoms with E-state index in [1.54, 1.807) is 0 Å². The number of aliphatic carboxylic acids is 1. The van der Waals surface area contributed by atoms with Crippen molar-refractivity contribution >= 4 is 12.3 Å². The highest BCUT2D eigenvalue weighted by atomic mass is 16.4. The summed E-state index contributed by atoms with van der Waals surface area (Å²) in [6, 6.07) is 0. The summed E-state index contributed by atoms with van der Waals surface area (Å²) in [5, 5.41) is 17.8. The van der Waals surface area contributed by atoms with Gasteiger partial charge in [-0.15, -0.1) is 0 Å². The number of carbonyl (C=O) groups is 2. The maximum atomic E-state index is 11.4. The summed E-state index contributed by atoms with van der Waals surface area (Å²) in [6.45, 7) is 0.574. The average Bonchev–Trinajstić information content (AvgIpc) is 3.10. The third-order valence-electron chi connectivity index (χ3n) is 5.43. The molecule has 3 unspecified atom stereocenters. The van der Waals surface area contributed by atoms with E-state index in [2.05, 4.69) is 6.08 Å². The van der Waals surface area contributed by atoms with E-state index < -0.39 is 5.97 Å². The number of hydrogen-bond acceptors (Lipinski definition) is 4. The van der Waals surface area contributed by atoms with Crippen molar-refractivity contribution in [1.29, 1.82) is 0 Å². The fourth-order valence-electron chi connectivity index (χ4n) is 3.81. The molecule has 0 saturated heterocycles. The Morgan fingerprint density at radius 3 is 2.67 bits per heavy atom. The molecule has 154 valence electrons. The van der Waals surface area contributed by atoms with E-state index in [1.807, 2.05) is 12.2 Å². The molecule has 27 heavy (non-hydrogen) atoms. The van der Waals surface area contributed by atoms with Crippen LogP contribution < -0.4 is 5.73 Å². The van der Waals surface area contributed by atoms with Gasteiger partial charge in [0.15, 0.2) is 0 Å². The molecule has 4 N–H and O–H groups in total. The van der Waals surface area contributed by atoms with Gasteiger partial charge in [0.2, 0.25) is 0 Å². The average molecular weight is 380 g/mol. The third kappa shape index (κ3) is 10.5. The molecule has 1 rings (SSSR count). The highest BCUT2D eigenvalue weighted by molar-refractivity contribution is 5.67. The largest absolute Gasteiger partial charge is 0.481 e. The fourth-order valence-corrected chi connectivity index (χ4v) is 3.81. The Labute approximate surface area is 163 Å². The summed E-state index contributed by atoms with van der Waals surface area (Å²) in [5.41, 5.74) is 7.04. The number of carbonyl (C=O) groups excluding carboxylic acids is 1. The Kier molecular flexibility index (Phi) is 12.7. The van der Waals surface area contributed by atoms with Crippen LogP contribution in [0.15, 0.2) is 23.8 Å². The SMILES string of the molecule is NCCC1=CC(C(C=O)CCCCCCCC=CC(CO)CC(=O)O)CC1. The monoisotopic (exact) mass is 379 g/mol. The molecule has 0 saturated carbocycles. The van der Waals surface area contributed by atoms with Crippen LogP contribution in [0, 0.1) is 17.8 Å². The van der Waals surface area contributed by atoms with Crippen molar-refractivity contribution in [3.8, 4) is 0 Å². The summed E-state index contributed by atoms with van der Waals surface area (Å²) in [6.07, 6.45) is 17.9. The molecule has 0 radical (unpaired) electrons. The first kappa shape index (κ1) is 23.6. The summed E-state index contributed by atoms with van der Waals surface area (Å²) in [5.74, 6) is -0.582. The number of unbranched alkanes of at least 4 members (excludes halogenated alkanes) is 5. The zero-order chi connectivity index (χ0) is 19.9. The Morgan fingerprint density at radius 2 is 2.00 bits per heavy atom. The van der Waals surface area contributed by atoms with Gasteiger partial charge in [0, 0.05) is 18.4 Å². The van der Waals surface area contributed by atoms with Gasteiger partial charge in [-0.05, 0) is 51.0 Å². The lowest BCUT2D eigenvalue weighted by Crippen LogP contribution is -2.12. The minimum absolute atomic E-state index is 0.0191. The van der Waals surface area contributed by atoms with E-state index in [9.17, 15) is 9.59 Å². The van der Waals surface area contributed by atoms with E-state index in [0.717, 1.165) is 70.5 Å². The molecule has 0 aliphatic heterocycles. The van der Waals surface area contributed by atoms with Gasteiger partial charge >= 0.3 is 5.97 Å². The lowest BCUT2D eigenvalue weighted by molar-refractivity contribution is -0.138. The zero-order valence-corrected chi connectivity index (χ0v) is 16.5. The van der Waals surface area contributed by atoms with Crippen molar-refractivity contribution in [3.05, 3.63) is 23.8 Å². The highest BCUT2D eigenvalue weighted by Gasteiger charge is 2.23. The van der Waals surface area contributed by atoms with E-state index in [1.165, 1.54) is 5.57 Å². The van der Waals surface area contributed by atoms with Crippen LogP contribution in [-0.2, 0) is 9.59 Å². The van der Waals surface area contributed by atoms with Gasteiger partial charge in [0.25, 0.3) is 0 Å².